The van der Waals surface area contributed by atoms with E-state index in [1.807, 2.05) is 74.8 Å². The standard InChI is InChI=1S/C30H25N9O2/c1-19(34-28(36-41)26-27(31)35-38-15-7-14-32-29(26)38)24-16-22-9-6-8-21(13-12-20-17-33-37(2)18-20)25(22)30(40)39(24)23-10-4-3-5-11-23/h3-11,14-19,41H,1-2H3,(H2,31,35)(H,34,36). The number of nitrogens with two attached hydrogens (primary N) is 1. The number of para-hydroxylation sites is 1. The second-order valence-electron chi connectivity index (χ2n) is 9.43. The zero-order chi connectivity index (χ0) is 28.5. The molecule has 41 heavy (non-hydrogen) atoms. The molecule has 0 spiro atoms. The van der Waals surface area contributed by atoms with Crippen molar-refractivity contribution in [3.05, 3.63) is 118 Å². The predicted molar refractivity (Wildman–Crippen MR) is 156 cm³/mol. The van der Waals surface area contributed by atoms with E-state index in [9.17, 15) is 10.0 Å². The van der Waals surface area contributed by atoms with E-state index in [2.05, 4.69) is 37.5 Å². The lowest BCUT2D eigenvalue weighted by molar-refractivity contribution is 0.316. The molecule has 0 aliphatic heterocycles. The van der Waals surface area contributed by atoms with Crippen molar-refractivity contribution in [1.82, 2.24) is 34.3 Å². The van der Waals surface area contributed by atoms with Gasteiger partial charge in [-0.2, -0.15) is 5.10 Å². The highest BCUT2D eigenvalue weighted by molar-refractivity contribution is 6.07. The number of nitrogens with zero attached hydrogens (tertiary/aromatic N) is 7. The van der Waals surface area contributed by atoms with Crippen LogP contribution in [-0.4, -0.2) is 40.0 Å². The van der Waals surface area contributed by atoms with Crippen LogP contribution in [0.1, 0.15) is 35.3 Å². The molecule has 4 aromatic heterocycles. The summed E-state index contributed by atoms with van der Waals surface area (Å²) in [6.07, 6.45) is 6.80. The number of aromatic nitrogens is 6. The largest absolute Gasteiger partial charge is 0.409 e. The molecular formula is C30H25N9O2. The molecule has 0 amide bonds. The maximum absolute atomic E-state index is 14.2. The van der Waals surface area contributed by atoms with E-state index in [-0.39, 0.29) is 17.2 Å². The van der Waals surface area contributed by atoms with Gasteiger partial charge in [-0.05, 0) is 42.6 Å². The molecule has 0 saturated heterocycles. The maximum Gasteiger partial charge on any atom is 0.264 e. The Bertz CT molecular complexity index is 2060. The van der Waals surface area contributed by atoms with Crippen molar-refractivity contribution < 1.29 is 5.21 Å². The molecule has 4 heterocycles. The van der Waals surface area contributed by atoms with Crippen LogP contribution in [0.3, 0.4) is 0 Å². The molecule has 11 nitrogen and oxygen atoms in total. The molecule has 0 aliphatic rings. The number of pyridine rings is 1. The van der Waals surface area contributed by atoms with Gasteiger partial charge in [-0.3, -0.25) is 14.0 Å². The highest BCUT2D eigenvalue weighted by atomic mass is 16.4. The van der Waals surface area contributed by atoms with Crippen LogP contribution in [0.2, 0.25) is 0 Å². The second-order valence-corrected chi connectivity index (χ2v) is 9.43. The van der Waals surface area contributed by atoms with Gasteiger partial charge in [0, 0.05) is 42.6 Å². The number of nitrogens with one attached hydrogen (secondary N) is 1. The van der Waals surface area contributed by atoms with Gasteiger partial charge in [-0.25, -0.2) is 9.50 Å². The number of amidine groups is 1. The van der Waals surface area contributed by atoms with Gasteiger partial charge in [0.25, 0.3) is 5.56 Å². The third-order valence-electron chi connectivity index (χ3n) is 6.69. The van der Waals surface area contributed by atoms with Crippen LogP contribution in [0, 0.1) is 11.8 Å². The Labute approximate surface area is 234 Å². The van der Waals surface area contributed by atoms with E-state index in [4.69, 9.17) is 5.73 Å². The molecule has 202 valence electrons. The van der Waals surface area contributed by atoms with E-state index in [0.29, 0.717) is 33.5 Å². The highest BCUT2D eigenvalue weighted by Crippen LogP contribution is 2.24. The molecule has 6 aromatic rings. The predicted octanol–water partition coefficient (Wildman–Crippen LogP) is 3.24. The Kier molecular flexibility index (Phi) is 6.41. The second kappa shape index (κ2) is 10.3. The van der Waals surface area contributed by atoms with Crippen LogP contribution in [-0.2, 0) is 7.05 Å². The Morgan fingerprint density at radius 2 is 1.95 bits per heavy atom. The van der Waals surface area contributed by atoms with Crippen molar-refractivity contribution in [3.8, 4) is 17.5 Å². The van der Waals surface area contributed by atoms with Crippen LogP contribution >= 0.6 is 0 Å². The molecule has 0 saturated carbocycles. The van der Waals surface area contributed by atoms with Gasteiger partial charge in [-0.15, -0.1) is 5.10 Å². The zero-order valence-electron chi connectivity index (χ0n) is 22.2. The number of oxime groups is 1. The van der Waals surface area contributed by atoms with Crippen molar-refractivity contribution in [3.63, 3.8) is 0 Å². The van der Waals surface area contributed by atoms with E-state index < -0.39 is 6.04 Å². The SMILES string of the molecule is CC(NC(=NO)c1c(N)nn2cccnc12)c1cc2cccc(C#Cc3cnn(C)c3)c2c(=O)n1-c1ccccc1. The lowest BCUT2D eigenvalue weighted by Crippen LogP contribution is -2.33. The molecule has 2 aromatic carbocycles. The van der Waals surface area contributed by atoms with Gasteiger partial charge in [0.15, 0.2) is 17.3 Å². The average molecular weight is 544 g/mol. The summed E-state index contributed by atoms with van der Waals surface area (Å²) in [5, 5.41) is 26.3. The van der Waals surface area contributed by atoms with Crippen LogP contribution in [0.5, 0.6) is 0 Å². The van der Waals surface area contributed by atoms with Gasteiger partial charge in [0.05, 0.1) is 23.2 Å². The topological polar surface area (TPSA) is 141 Å². The molecule has 0 fully saturated rings. The van der Waals surface area contributed by atoms with Gasteiger partial charge in [-0.1, -0.05) is 47.3 Å². The quantitative estimate of drug-likeness (QED) is 0.102. The molecule has 11 heteroatoms. The smallest absolute Gasteiger partial charge is 0.264 e. The van der Waals surface area contributed by atoms with Crippen molar-refractivity contribution in [1.29, 1.82) is 0 Å². The zero-order valence-corrected chi connectivity index (χ0v) is 22.2. The molecule has 4 N–H and O–H groups in total. The van der Waals surface area contributed by atoms with E-state index in [0.717, 1.165) is 10.9 Å². The number of fused-ring (bicyclic) bond motifs is 2. The first-order chi connectivity index (χ1) is 19.9. The van der Waals surface area contributed by atoms with E-state index >= 15 is 0 Å². The van der Waals surface area contributed by atoms with Crippen LogP contribution in [0.4, 0.5) is 5.82 Å². The Morgan fingerprint density at radius 1 is 1.12 bits per heavy atom. The fourth-order valence-electron chi connectivity index (χ4n) is 4.83. The van der Waals surface area contributed by atoms with Crippen molar-refractivity contribution in [2.75, 3.05) is 5.73 Å². The molecular weight excluding hydrogens is 518 g/mol. The number of aryl methyl sites for hydroxylation is 1. The number of nitrogen functional groups attached to an aromatic ring is 1. The minimum absolute atomic E-state index is 0.0759. The molecule has 1 atom stereocenters. The summed E-state index contributed by atoms with van der Waals surface area (Å²) >= 11 is 0. The fraction of sp³-hybridized carbons (Fsp3) is 0.100. The summed E-state index contributed by atoms with van der Waals surface area (Å²) < 4.78 is 4.82. The highest BCUT2D eigenvalue weighted by Gasteiger charge is 2.23. The van der Waals surface area contributed by atoms with Crippen molar-refractivity contribution in [2.24, 2.45) is 12.2 Å². The van der Waals surface area contributed by atoms with Crippen molar-refractivity contribution in [2.45, 2.75) is 13.0 Å². The summed E-state index contributed by atoms with van der Waals surface area (Å²) in [6.45, 7) is 1.87. The van der Waals surface area contributed by atoms with Crippen molar-refractivity contribution >= 4 is 28.1 Å². The van der Waals surface area contributed by atoms with E-state index in [1.54, 1.807) is 33.9 Å². The fourth-order valence-corrected chi connectivity index (χ4v) is 4.83. The Hall–Kier alpha value is -5.89. The monoisotopic (exact) mass is 543 g/mol. The van der Waals surface area contributed by atoms with Gasteiger partial charge < -0.3 is 16.3 Å². The number of hydrogen-bond donors (Lipinski definition) is 3. The number of hydrogen-bond acceptors (Lipinski definition) is 7. The van der Waals surface area contributed by atoms with Crippen LogP contribution < -0.4 is 16.6 Å². The van der Waals surface area contributed by atoms with E-state index in [1.165, 1.54) is 4.52 Å². The summed E-state index contributed by atoms with van der Waals surface area (Å²) in [6, 6.07) is 18.1. The average Bonchev–Trinajstić information content (AvgIpc) is 3.56. The lowest BCUT2D eigenvalue weighted by atomic mass is 10.0. The number of rotatable bonds is 4. The summed E-state index contributed by atoms with van der Waals surface area (Å²) in [4.78, 5) is 18.6. The maximum atomic E-state index is 14.2. The summed E-state index contributed by atoms with van der Waals surface area (Å²) in [5.74, 6) is 6.48. The minimum atomic E-state index is -0.513. The van der Waals surface area contributed by atoms with Gasteiger partial charge in [0.2, 0.25) is 0 Å². The summed E-state index contributed by atoms with van der Waals surface area (Å²) in [7, 11) is 1.83. The third kappa shape index (κ3) is 4.63. The van der Waals surface area contributed by atoms with Crippen LogP contribution in [0.15, 0.2) is 95.4 Å². The Morgan fingerprint density at radius 3 is 2.71 bits per heavy atom. The molecule has 1 unspecified atom stereocenters. The molecule has 0 aliphatic carbocycles. The van der Waals surface area contributed by atoms with Gasteiger partial charge in [0.1, 0.15) is 5.56 Å². The third-order valence-corrected chi connectivity index (χ3v) is 6.69. The van der Waals surface area contributed by atoms with Gasteiger partial charge >= 0.3 is 0 Å². The lowest BCUT2D eigenvalue weighted by Gasteiger charge is -2.22. The number of benzene rings is 2. The first-order valence-electron chi connectivity index (χ1n) is 12.8. The molecule has 0 bridgehead atoms. The normalized spacial score (nSPS) is 12.3. The first kappa shape index (κ1) is 25.4. The summed E-state index contributed by atoms with van der Waals surface area (Å²) in [5.41, 5.74) is 9.39. The van der Waals surface area contributed by atoms with Crippen LogP contribution in [0.25, 0.3) is 22.1 Å². The number of anilines is 1. The first-order valence-corrected chi connectivity index (χ1v) is 12.8. The molecule has 0 radical (unpaired) electrons. The minimum Gasteiger partial charge on any atom is -0.409 e. The molecule has 6 rings (SSSR count). The Balaban J connectivity index is 1.49.